The van der Waals surface area contributed by atoms with E-state index in [0.29, 0.717) is 26.0 Å². The molecule has 0 radical (unpaired) electrons. The van der Waals surface area contributed by atoms with Gasteiger partial charge in [-0.3, -0.25) is 4.79 Å². The predicted molar refractivity (Wildman–Crippen MR) is 119 cm³/mol. The van der Waals surface area contributed by atoms with Crippen LogP contribution in [0.15, 0.2) is 65.7 Å². The van der Waals surface area contributed by atoms with Gasteiger partial charge in [-0.1, -0.05) is 46.3 Å². The van der Waals surface area contributed by atoms with Crippen molar-refractivity contribution < 1.29 is 13.9 Å². The summed E-state index contributed by atoms with van der Waals surface area (Å²) in [5.74, 6) is -0.543. The maximum Gasteiger partial charge on any atom is 0.306 e. The number of benzene rings is 2. The lowest BCUT2D eigenvalue weighted by molar-refractivity contribution is -0.144. The Morgan fingerprint density at radius 2 is 1.90 bits per heavy atom. The minimum atomic E-state index is -0.492. The molecule has 5 heteroatoms. The third-order valence-corrected chi connectivity index (χ3v) is 5.73. The van der Waals surface area contributed by atoms with Crippen molar-refractivity contribution in [2.24, 2.45) is 0 Å². The molecule has 3 nitrogen and oxygen atoms in total. The molecule has 2 rings (SSSR count). The topological polar surface area (TPSA) is 38.3 Å². The van der Waals surface area contributed by atoms with Crippen LogP contribution in [0.25, 0.3) is 0 Å². The zero-order valence-electron chi connectivity index (χ0n) is 17.1. The number of hydrogen-bond acceptors (Lipinski definition) is 3. The molecular formula is C24H29BrFNO2. The van der Waals surface area contributed by atoms with Gasteiger partial charge in [0.15, 0.2) is 0 Å². The van der Waals surface area contributed by atoms with Gasteiger partial charge in [-0.05, 0) is 68.6 Å². The van der Waals surface area contributed by atoms with Crippen molar-refractivity contribution in [1.82, 2.24) is 5.32 Å². The highest BCUT2D eigenvalue weighted by Crippen LogP contribution is 2.36. The molecule has 156 valence electrons. The van der Waals surface area contributed by atoms with E-state index in [2.05, 4.69) is 46.9 Å². The van der Waals surface area contributed by atoms with Crippen molar-refractivity contribution in [2.75, 3.05) is 13.2 Å². The largest absolute Gasteiger partial charge is 0.466 e. The summed E-state index contributed by atoms with van der Waals surface area (Å²) in [6.07, 6.45) is 3.35. The Labute approximate surface area is 181 Å². The van der Waals surface area contributed by atoms with Crippen molar-refractivity contribution in [3.8, 4) is 0 Å². The van der Waals surface area contributed by atoms with Gasteiger partial charge in [-0.25, -0.2) is 4.39 Å². The highest BCUT2D eigenvalue weighted by atomic mass is 79.9. The molecule has 0 spiro atoms. The third kappa shape index (κ3) is 6.79. The summed E-state index contributed by atoms with van der Waals surface area (Å²) in [6.45, 7) is 8.84. The van der Waals surface area contributed by atoms with Gasteiger partial charge in [0.2, 0.25) is 0 Å². The molecule has 0 aliphatic rings. The second-order valence-corrected chi connectivity index (χ2v) is 8.15. The fraction of sp³-hybridized carbons (Fsp3) is 0.375. The van der Waals surface area contributed by atoms with E-state index in [9.17, 15) is 9.18 Å². The van der Waals surface area contributed by atoms with Crippen molar-refractivity contribution >= 4 is 21.9 Å². The van der Waals surface area contributed by atoms with Crippen LogP contribution in [-0.2, 0) is 14.9 Å². The monoisotopic (exact) mass is 461 g/mol. The van der Waals surface area contributed by atoms with Crippen LogP contribution in [0.1, 0.15) is 50.3 Å². The van der Waals surface area contributed by atoms with Crippen LogP contribution in [-0.4, -0.2) is 19.1 Å². The summed E-state index contributed by atoms with van der Waals surface area (Å²) in [7, 11) is 0. The Hall–Kier alpha value is -1.98. The number of carbonyl (C=O) groups is 1. The molecule has 0 amide bonds. The van der Waals surface area contributed by atoms with Crippen molar-refractivity contribution in [1.29, 1.82) is 0 Å². The van der Waals surface area contributed by atoms with Crippen LogP contribution in [0.4, 0.5) is 4.39 Å². The van der Waals surface area contributed by atoms with Gasteiger partial charge in [0, 0.05) is 15.9 Å². The van der Waals surface area contributed by atoms with Crippen molar-refractivity contribution in [3.63, 3.8) is 0 Å². The van der Waals surface area contributed by atoms with Crippen LogP contribution < -0.4 is 5.32 Å². The second kappa shape index (κ2) is 11.3. The van der Waals surface area contributed by atoms with E-state index in [-0.39, 0.29) is 24.2 Å². The summed E-state index contributed by atoms with van der Waals surface area (Å²) in [4.78, 5) is 12.4. The Balaban J connectivity index is 2.18. The van der Waals surface area contributed by atoms with Gasteiger partial charge in [0.25, 0.3) is 0 Å². The Morgan fingerprint density at radius 1 is 1.24 bits per heavy atom. The number of halogens is 2. The minimum absolute atomic E-state index is 0.167. The molecule has 0 fully saturated rings. The van der Waals surface area contributed by atoms with Gasteiger partial charge >= 0.3 is 5.97 Å². The lowest BCUT2D eigenvalue weighted by Gasteiger charge is -2.33. The zero-order valence-corrected chi connectivity index (χ0v) is 18.7. The Kier molecular flexibility index (Phi) is 9.05. The molecule has 0 aromatic heterocycles. The van der Waals surface area contributed by atoms with Crippen LogP contribution in [0, 0.1) is 5.82 Å². The molecule has 1 N–H and O–H groups in total. The Bertz CT molecular complexity index is 792. The number of esters is 1. The highest BCUT2D eigenvalue weighted by molar-refractivity contribution is 9.10. The molecular weight excluding hydrogens is 433 g/mol. The molecule has 29 heavy (non-hydrogen) atoms. The molecule has 0 bridgehead atoms. The first kappa shape index (κ1) is 23.3. The summed E-state index contributed by atoms with van der Waals surface area (Å²) in [5.41, 5.74) is 1.62. The zero-order chi connectivity index (χ0) is 21.3. The fourth-order valence-corrected chi connectivity index (χ4v) is 3.86. The molecule has 0 heterocycles. The van der Waals surface area contributed by atoms with E-state index in [1.165, 1.54) is 17.7 Å². The van der Waals surface area contributed by atoms with Gasteiger partial charge in [-0.2, -0.15) is 0 Å². The summed E-state index contributed by atoms with van der Waals surface area (Å²) in [5, 5.41) is 3.54. The van der Waals surface area contributed by atoms with E-state index in [0.717, 1.165) is 10.0 Å². The van der Waals surface area contributed by atoms with Crippen molar-refractivity contribution in [2.45, 2.75) is 44.6 Å². The summed E-state index contributed by atoms with van der Waals surface area (Å²) in [6, 6.07) is 14.8. The fourth-order valence-electron chi connectivity index (χ4n) is 3.59. The first-order valence-electron chi connectivity index (χ1n) is 9.91. The predicted octanol–water partition coefficient (Wildman–Crippen LogP) is 6.10. The Morgan fingerprint density at radius 3 is 2.48 bits per heavy atom. The first-order valence-corrected chi connectivity index (χ1v) is 10.7. The van der Waals surface area contributed by atoms with Gasteiger partial charge in [-0.15, -0.1) is 6.58 Å². The van der Waals surface area contributed by atoms with Gasteiger partial charge in [0.1, 0.15) is 5.82 Å². The lowest BCUT2D eigenvalue weighted by Crippen LogP contribution is -2.34. The molecule has 0 saturated heterocycles. The summed E-state index contributed by atoms with van der Waals surface area (Å²) >= 11 is 3.46. The molecule has 2 aromatic carbocycles. The van der Waals surface area contributed by atoms with E-state index < -0.39 is 5.41 Å². The average Bonchev–Trinajstić information content (AvgIpc) is 2.69. The summed E-state index contributed by atoms with van der Waals surface area (Å²) < 4.78 is 19.8. The van der Waals surface area contributed by atoms with Crippen LogP contribution in [0.5, 0.6) is 0 Å². The molecule has 0 aliphatic heterocycles. The quantitative estimate of drug-likeness (QED) is 0.324. The maximum atomic E-state index is 13.5. The van der Waals surface area contributed by atoms with E-state index >= 15 is 0 Å². The number of allylic oxidation sites excluding steroid dienone is 1. The van der Waals surface area contributed by atoms with Crippen LogP contribution >= 0.6 is 15.9 Å². The SMILES string of the molecule is C=CCC(CCN[C@@H](C)c1ccc(Br)cc1)(CC(=O)OCC)c1ccc(F)cc1. The third-order valence-electron chi connectivity index (χ3n) is 5.20. The minimum Gasteiger partial charge on any atom is -0.466 e. The number of hydrogen-bond donors (Lipinski definition) is 1. The molecule has 0 saturated carbocycles. The van der Waals surface area contributed by atoms with E-state index in [1.54, 1.807) is 19.1 Å². The number of carbonyl (C=O) groups excluding carboxylic acids is 1. The second-order valence-electron chi connectivity index (χ2n) is 7.24. The molecule has 1 unspecified atom stereocenters. The smallest absolute Gasteiger partial charge is 0.306 e. The number of nitrogens with one attached hydrogen (secondary N) is 1. The standard InChI is InChI=1S/C24H29BrFNO2/c1-4-14-24(17-23(28)29-5-2,20-8-12-22(26)13-9-20)15-16-27-18(3)19-6-10-21(25)11-7-19/h4,6-13,18,27H,1,5,14-17H2,2-3H3/t18-,24?/m0/s1. The number of ether oxygens (including phenoxy) is 1. The van der Waals surface area contributed by atoms with Crippen molar-refractivity contribution in [3.05, 3.63) is 82.6 Å². The highest BCUT2D eigenvalue weighted by Gasteiger charge is 2.34. The number of rotatable bonds is 11. The maximum absolute atomic E-state index is 13.5. The molecule has 2 atom stereocenters. The normalized spacial score (nSPS) is 14.1. The van der Waals surface area contributed by atoms with Crippen LogP contribution in [0.2, 0.25) is 0 Å². The lowest BCUT2D eigenvalue weighted by atomic mass is 9.72. The van der Waals surface area contributed by atoms with Gasteiger partial charge in [0.05, 0.1) is 13.0 Å². The molecule has 2 aromatic rings. The first-order chi connectivity index (χ1) is 13.9. The van der Waals surface area contributed by atoms with E-state index in [1.807, 2.05) is 18.2 Å². The van der Waals surface area contributed by atoms with Crippen LogP contribution in [0.3, 0.4) is 0 Å². The molecule has 0 aliphatic carbocycles. The van der Waals surface area contributed by atoms with E-state index in [4.69, 9.17) is 4.74 Å². The van der Waals surface area contributed by atoms with Gasteiger partial charge < -0.3 is 10.1 Å². The average molecular weight is 462 g/mol.